The molecule has 1 heterocycles. The molecule has 0 aromatic heterocycles. The predicted octanol–water partition coefficient (Wildman–Crippen LogP) is 3.86. The molecular formula is C25H33FN2O4. The van der Waals surface area contributed by atoms with E-state index in [0.29, 0.717) is 38.6 Å². The Morgan fingerprint density at radius 3 is 2.69 bits per heavy atom. The summed E-state index contributed by atoms with van der Waals surface area (Å²) in [7, 11) is 1.65. The van der Waals surface area contributed by atoms with Crippen LogP contribution in [-0.2, 0) is 16.1 Å². The van der Waals surface area contributed by atoms with E-state index in [4.69, 9.17) is 14.3 Å². The normalized spacial score (nSPS) is 16.8. The highest BCUT2D eigenvalue weighted by atomic mass is 19.1. The van der Waals surface area contributed by atoms with E-state index >= 15 is 0 Å². The Labute approximate surface area is 189 Å². The first-order valence-corrected chi connectivity index (χ1v) is 11.0. The van der Waals surface area contributed by atoms with E-state index in [1.54, 1.807) is 19.2 Å². The van der Waals surface area contributed by atoms with Crippen LogP contribution in [0.25, 0.3) is 0 Å². The number of rotatable bonds is 12. The topological polar surface area (TPSA) is 63.5 Å². The molecule has 1 aliphatic rings. The molecular weight excluding hydrogens is 411 g/mol. The molecule has 2 aromatic carbocycles. The second kappa shape index (κ2) is 11.9. The van der Waals surface area contributed by atoms with Crippen LogP contribution in [0.15, 0.2) is 53.7 Å². The number of benzene rings is 2. The largest absolute Gasteiger partial charge is 0.497 e. The Morgan fingerprint density at radius 2 is 1.97 bits per heavy atom. The quantitative estimate of drug-likeness (QED) is 0.539. The average Bonchev–Trinajstić information content (AvgIpc) is 3.22. The van der Waals surface area contributed by atoms with Crippen LogP contribution in [0.3, 0.4) is 0 Å². The van der Waals surface area contributed by atoms with Gasteiger partial charge in [-0.15, -0.1) is 0 Å². The first kappa shape index (κ1) is 24.2. The summed E-state index contributed by atoms with van der Waals surface area (Å²) in [5.74, 6) is 0.939. The zero-order chi connectivity index (χ0) is 22.9. The maximum atomic E-state index is 13.2. The van der Waals surface area contributed by atoms with Crippen molar-refractivity contribution in [2.75, 3.05) is 33.4 Å². The maximum absolute atomic E-state index is 13.2. The fourth-order valence-electron chi connectivity index (χ4n) is 3.65. The Morgan fingerprint density at radius 1 is 1.19 bits per heavy atom. The van der Waals surface area contributed by atoms with E-state index < -0.39 is 6.10 Å². The molecule has 1 aliphatic heterocycles. The van der Waals surface area contributed by atoms with Gasteiger partial charge in [0.1, 0.15) is 17.7 Å². The molecule has 1 N–H and O–H groups in total. The van der Waals surface area contributed by atoms with Gasteiger partial charge in [-0.25, -0.2) is 4.39 Å². The van der Waals surface area contributed by atoms with E-state index in [1.807, 2.05) is 24.3 Å². The minimum absolute atomic E-state index is 0.149. The number of oxime groups is 1. The molecule has 0 fully saturated rings. The van der Waals surface area contributed by atoms with E-state index in [2.05, 4.69) is 23.9 Å². The molecule has 174 valence electrons. The highest BCUT2D eigenvalue weighted by Crippen LogP contribution is 2.20. The van der Waals surface area contributed by atoms with Crippen molar-refractivity contribution in [1.29, 1.82) is 0 Å². The lowest BCUT2D eigenvalue weighted by molar-refractivity contribution is -0.00735. The van der Waals surface area contributed by atoms with Crippen molar-refractivity contribution in [2.45, 2.75) is 39.0 Å². The van der Waals surface area contributed by atoms with Crippen LogP contribution >= 0.6 is 0 Å². The zero-order valence-corrected chi connectivity index (χ0v) is 19.0. The van der Waals surface area contributed by atoms with Crippen molar-refractivity contribution in [1.82, 2.24) is 4.90 Å². The van der Waals surface area contributed by atoms with Crippen LogP contribution in [0.1, 0.15) is 31.4 Å². The fraction of sp³-hybridized carbons (Fsp3) is 0.480. The number of hydrogen-bond acceptors (Lipinski definition) is 6. The third-order valence-electron chi connectivity index (χ3n) is 5.14. The van der Waals surface area contributed by atoms with Crippen LogP contribution in [0, 0.1) is 11.7 Å². The highest BCUT2D eigenvalue weighted by molar-refractivity contribution is 6.01. The molecule has 2 atom stereocenters. The van der Waals surface area contributed by atoms with Gasteiger partial charge in [-0.1, -0.05) is 43.3 Å². The second-order valence-corrected chi connectivity index (χ2v) is 8.61. The molecule has 0 unspecified atom stereocenters. The lowest BCUT2D eigenvalue weighted by Crippen LogP contribution is -2.39. The molecule has 3 rings (SSSR count). The number of aliphatic hydroxyl groups excluding tert-OH is 1. The first-order valence-electron chi connectivity index (χ1n) is 11.0. The summed E-state index contributed by atoms with van der Waals surface area (Å²) < 4.78 is 24.2. The van der Waals surface area contributed by atoms with Crippen molar-refractivity contribution >= 4 is 5.71 Å². The second-order valence-electron chi connectivity index (χ2n) is 8.61. The van der Waals surface area contributed by atoms with E-state index in [1.165, 1.54) is 12.1 Å². The summed E-state index contributed by atoms with van der Waals surface area (Å²) >= 11 is 0. The van der Waals surface area contributed by atoms with Crippen LogP contribution < -0.4 is 4.74 Å². The van der Waals surface area contributed by atoms with Crippen molar-refractivity contribution in [3.8, 4) is 5.75 Å². The highest BCUT2D eigenvalue weighted by Gasteiger charge is 2.26. The zero-order valence-electron chi connectivity index (χ0n) is 19.0. The predicted molar refractivity (Wildman–Crippen MR) is 122 cm³/mol. The molecule has 0 saturated heterocycles. The Hall–Kier alpha value is -2.48. The van der Waals surface area contributed by atoms with E-state index in [-0.39, 0.29) is 18.5 Å². The minimum Gasteiger partial charge on any atom is -0.497 e. The molecule has 7 heteroatoms. The SMILES string of the molecule is COc1cccc(CN(C[C@H](O)COCC(C)C)C[C@@H]2CC(c3ccc(F)cc3)=NO2)c1. The van der Waals surface area contributed by atoms with Gasteiger partial charge in [-0.05, 0) is 41.3 Å². The number of aliphatic hydroxyl groups is 1. The summed E-state index contributed by atoms with van der Waals surface area (Å²) in [6.07, 6.45) is -0.136. The van der Waals surface area contributed by atoms with Gasteiger partial charge in [-0.3, -0.25) is 4.90 Å². The van der Waals surface area contributed by atoms with E-state index in [0.717, 1.165) is 22.6 Å². The number of halogens is 1. The lowest BCUT2D eigenvalue weighted by Gasteiger charge is -2.27. The van der Waals surface area contributed by atoms with Gasteiger partial charge in [-0.2, -0.15) is 0 Å². The number of ether oxygens (including phenoxy) is 2. The monoisotopic (exact) mass is 444 g/mol. The summed E-state index contributed by atoms with van der Waals surface area (Å²) in [5, 5.41) is 14.8. The standard InChI is InChI=1S/C25H33FN2O4/c1-18(2)16-31-17-22(29)14-28(13-19-5-4-6-23(11-19)30-3)15-24-12-25(27-32-24)20-7-9-21(26)10-8-20/h4-11,18,22,24,29H,12-17H2,1-3H3/t22-,24-/m0/s1. The van der Waals surface area contributed by atoms with Crippen molar-refractivity contribution in [2.24, 2.45) is 11.1 Å². The molecule has 32 heavy (non-hydrogen) atoms. The van der Waals surface area contributed by atoms with Gasteiger partial charge >= 0.3 is 0 Å². The van der Waals surface area contributed by atoms with Crippen LogP contribution in [0.4, 0.5) is 4.39 Å². The van der Waals surface area contributed by atoms with Gasteiger partial charge in [0.15, 0.2) is 0 Å². The van der Waals surface area contributed by atoms with Crippen molar-refractivity contribution in [3.63, 3.8) is 0 Å². The van der Waals surface area contributed by atoms with Gasteiger partial charge in [0.05, 0.1) is 25.5 Å². The van der Waals surface area contributed by atoms with Crippen LogP contribution in [-0.4, -0.2) is 61.3 Å². The number of nitrogens with zero attached hydrogens (tertiary/aromatic N) is 2. The van der Waals surface area contributed by atoms with Gasteiger partial charge < -0.3 is 19.4 Å². The Bertz CT molecular complexity index is 873. The van der Waals surface area contributed by atoms with Crippen molar-refractivity contribution < 1.29 is 23.8 Å². The average molecular weight is 445 g/mol. The molecule has 0 bridgehead atoms. The van der Waals surface area contributed by atoms with Crippen LogP contribution in [0.2, 0.25) is 0 Å². The summed E-state index contributed by atoms with van der Waals surface area (Å²) in [6.45, 7) is 6.73. The first-order chi connectivity index (χ1) is 15.4. The summed E-state index contributed by atoms with van der Waals surface area (Å²) in [6, 6.07) is 14.2. The van der Waals surface area contributed by atoms with Crippen LogP contribution in [0.5, 0.6) is 5.75 Å². The fourth-order valence-corrected chi connectivity index (χ4v) is 3.65. The molecule has 6 nitrogen and oxygen atoms in total. The summed E-state index contributed by atoms with van der Waals surface area (Å²) in [5.41, 5.74) is 2.74. The number of hydrogen-bond donors (Lipinski definition) is 1. The van der Waals surface area contributed by atoms with Gasteiger partial charge in [0.25, 0.3) is 0 Å². The number of methoxy groups -OCH3 is 1. The molecule has 0 aliphatic carbocycles. The smallest absolute Gasteiger partial charge is 0.145 e. The maximum Gasteiger partial charge on any atom is 0.145 e. The van der Waals surface area contributed by atoms with Gasteiger partial charge in [0, 0.05) is 32.7 Å². The Kier molecular flexibility index (Phi) is 9.02. The third kappa shape index (κ3) is 7.58. The van der Waals surface area contributed by atoms with Gasteiger partial charge in [0.2, 0.25) is 0 Å². The molecule has 0 amide bonds. The summed E-state index contributed by atoms with van der Waals surface area (Å²) in [4.78, 5) is 7.82. The van der Waals surface area contributed by atoms with E-state index in [9.17, 15) is 9.50 Å². The molecule has 2 aromatic rings. The molecule has 0 spiro atoms. The van der Waals surface area contributed by atoms with Crippen molar-refractivity contribution in [3.05, 3.63) is 65.5 Å². The molecule has 0 radical (unpaired) electrons. The third-order valence-corrected chi connectivity index (χ3v) is 5.14. The lowest BCUT2D eigenvalue weighted by atomic mass is 10.0. The minimum atomic E-state index is -0.613. The Balaban J connectivity index is 1.61. The molecule has 0 saturated carbocycles.